The molecule has 102 valence electrons. The van der Waals surface area contributed by atoms with Crippen molar-refractivity contribution in [3.63, 3.8) is 0 Å². The molecule has 5 heteroatoms. The first kappa shape index (κ1) is 12.4. The van der Waals surface area contributed by atoms with Crippen LogP contribution in [0, 0.1) is 6.92 Å². The van der Waals surface area contributed by atoms with E-state index in [9.17, 15) is 0 Å². The predicted molar refractivity (Wildman–Crippen MR) is 76.3 cm³/mol. The van der Waals surface area contributed by atoms with Crippen LogP contribution in [0.15, 0.2) is 6.20 Å². The van der Waals surface area contributed by atoms with Gasteiger partial charge in [-0.25, -0.2) is 14.6 Å². The fraction of sp³-hybridized carbons (Fsp3) is 0.643. The summed E-state index contributed by atoms with van der Waals surface area (Å²) >= 11 is 0. The van der Waals surface area contributed by atoms with Gasteiger partial charge >= 0.3 is 0 Å². The van der Waals surface area contributed by atoms with Crippen molar-refractivity contribution in [3.8, 4) is 0 Å². The van der Waals surface area contributed by atoms with Crippen LogP contribution in [0.4, 0.5) is 5.82 Å². The van der Waals surface area contributed by atoms with Gasteiger partial charge in [-0.2, -0.15) is 5.10 Å². The molecule has 1 saturated carbocycles. The minimum Gasteiger partial charge on any atom is -0.370 e. The lowest BCUT2D eigenvalue weighted by Crippen LogP contribution is -2.15. The first-order chi connectivity index (χ1) is 9.29. The molecule has 0 spiro atoms. The zero-order valence-corrected chi connectivity index (χ0v) is 11.7. The van der Waals surface area contributed by atoms with Gasteiger partial charge in [-0.15, -0.1) is 0 Å². The molecule has 1 N–H and O–H groups in total. The molecule has 0 saturated heterocycles. The minimum atomic E-state index is 0.509. The molecule has 2 aromatic heterocycles. The Morgan fingerprint density at radius 1 is 1.26 bits per heavy atom. The van der Waals surface area contributed by atoms with E-state index >= 15 is 0 Å². The van der Waals surface area contributed by atoms with Crippen LogP contribution in [0.2, 0.25) is 0 Å². The maximum absolute atomic E-state index is 4.60. The highest BCUT2D eigenvalue weighted by atomic mass is 15.3. The Morgan fingerprint density at radius 3 is 2.79 bits per heavy atom. The van der Waals surface area contributed by atoms with Crippen molar-refractivity contribution in [1.82, 2.24) is 19.7 Å². The fourth-order valence-electron chi connectivity index (χ4n) is 2.93. The van der Waals surface area contributed by atoms with Gasteiger partial charge in [0.1, 0.15) is 11.6 Å². The Bertz CT molecular complexity index is 568. The van der Waals surface area contributed by atoms with Crippen LogP contribution in [0.25, 0.3) is 11.0 Å². The molecule has 2 heterocycles. The Balaban J connectivity index is 2.06. The lowest BCUT2D eigenvalue weighted by atomic mass is 9.96. The van der Waals surface area contributed by atoms with E-state index in [1.54, 1.807) is 0 Å². The zero-order chi connectivity index (χ0) is 13.2. The van der Waals surface area contributed by atoms with Crippen LogP contribution < -0.4 is 5.32 Å². The highest BCUT2D eigenvalue weighted by Gasteiger charge is 2.20. The molecule has 1 aliphatic carbocycles. The van der Waals surface area contributed by atoms with Gasteiger partial charge in [-0.3, -0.25) is 0 Å². The van der Waals surface area contributed by atoms with Crippen molar-refractivity contribution in [2.75, 3.05) is 11.9 Å². The van der Waals surface area contributed by atoms with Crippen LogP contribution in [-0.4, -0.2) is 26.3 Å². The normalized spacial score (nSPS) is 16.9. The number of anilines is 1. The second-order valence-electron chi connectivity index (χ2n) is 5.27. The number of aryl methyl sites for hydroxylation is 1. The number of hydrogen-bond acceptors (Lipinski definition) is 4. The van der Waals surface area contributed by atoms with Crippen LogP contribution in [0.1, 0.15) is 50.9 Å². The molecular formula is C14H21N5. The van der Waals surface area contributed by atoms with Crippen molar-refractivity contribution in [3.05, 3.63) is 12.0 Å². The number of fused-ring (bicyclic) bond motifs is 1. The average molecular weight is 259 g/mol. The zero-order valence-electron chi connectivity index (χ0n) is 11.7. The number of rotatable bonds is 3. The Kier molecular flexibility index (Phi) is 3.36. The van der Waals surface area contributed by atoms with Gasteiger partial charge in [0.15, 0.2) is 5.65 Å². The first-order valence-electron chi connectivity index (χ1n) is 7.25. The minimum absolute atomic E-state index is 0.509. The third-order valence-corrected chi connectivity index (χ3v) is 3.83. The van der Waals surface area contributed by atoms with Gasteiger partial charge in [-0.1, -0.05) is 19.3 Å². The molecule has 0 atom stereocenters. The number of nitrogens with one attached hydrogen (secondary N) is 1. The van der Waals surface area contributed by atoms with Gasteiger partial charge in [0.25, 0.3) is 0 Å². The second kappa shape index (κ2) is 5.15. The summed E-state index contributed by atoms with van der Waals surface area (Å²) in [7, 11) is 0. The van der Waals surface area contributed by atoms with E-state index < -0.39 is 0 Å². The quantitative estimate of drug-likeness (QED) is 0.920. The lowest BCUT2D eigenvalue weighted by Gasteiger charge is -2.22. The molecule has 19 heavy (non-hydrogen) atoms. The van der Waals surface area contributed by atoms with E-state index in [4.69, 9.17) is 0 Å². The number of hydrogen-bond donors (Lipinski definition) is 1. The smallest absolute Gasteiger partial charge is 0.163 e. The molecule has 1 fully saturated rings. The molecule has 1 aliphatic rings. The van der Waals surface area contributed by atoms with Gasteiger partial charge in [0.2, 0.25) is 0 Å². The van der Waals surface area contributed by atoms with E-state index in [0.29, 0.717) is 6.04 Å². The van der Waals surface area contributed by atoms with Crippen molar-refractivity contribution in [1.29, 1.82) is 0 Å². The number of nitrogens with zero attached hydrogens (tertiary/aromatic N) is 4. The monoisotopic (exact) mass is 259 g/mol. The fourth-order valence-corrected chi connectivity index (χ4v) is 2.93. The summed E-state index contributed by atoms with van der Waals surface area (Å²) in [5.74, 6) is 1.72. The Morgan fingerprint density at radius 2 is 2.05 bits per heavy atom. The van der Waals surface area contributed by atoms with Crippen molar-refractivity contribution in [2.24, 2.45) is 0 Å². The molecule has 0 amide bonds. The molecule has 3 rings (SSSR count). The van der Waals surface area contributed by atoms with E-state index in [1.165, 1.54) is 32.1 Å². The largest absolute Gasteiger partial charge is 0.370 e. The SMILES string of the molecule is CCNc1nc(C)nc2c1cnn2C1CCCCC1. The van der Waals surface area contributed by atoms with Crippen LogP contribution in [0.5, 0.6) is 0 Å². The van der Waals surface area contributed by atoms with Crippen molar-refractivity contribution in [2.45, 2.75) is 52.0 Å². The summed E-state index contributed by atoms with van der Waals surface area (Å²) in [5, 5.41) is 8.92. The van der Waals surface area contributed by atoms with Gasteiger partial charge < -0.3 is 5.32 Å². The third kappa shape index (κ3) is 2.29. The topological polar surface area (TPSA) is 55.6 Å². The molecule has 0 radical (unpaired) electrons. The summed E-state index contributed by atoms with van der Waals surface area (Å²) < 4.78 is 2.12. The first-order valence-corrected chi connectivity index (χ1v) is 7.25. The van der Waals surface area contributed by atoms with E-state index in [2.05, 4.69) is 32.0 Å². The summed E-state index contributed by atoms with van der Waals surface area (Å²) in [6, 6.07) is 0.509. The second-order valence-corrected chi connectivity index (χ2v) is 5.27. The third-order valence-electron chi connectivity index (χ3n) is 3.83. The molecule has 5 nitrogen and oxygen atoms in total. The highest BCUT2D eigenvalue weighted by molar-refractivity contribution is 5.86. The molecule has 0 bridgehead atoms. The summed E-state index contributed by atoms with van der Waals surface area (Å²) in [5.41, 5.74) is 0.982. The van der Waals surface area contributed by atoms with Crippen LogP contribution in [0.3, 0.4) is 0 Å². The van der Waals surface area contributed by atoms with Gasteiger partial charge in [0, 0.05) is 6.54 Å². The molecule has 0 aliphatic heterocycles. The van der Waals surface area contributed by atoms with Crippen molar-refractivity contribution >= 4 is 16.9 Å². The van der Waals surface area contributed by atoms with Crippen molar-refractivity contribution < 1.29 is 0 Å². The summed E-state index contributed by atoms with van der Waals surface area (Å²) in [6.07, 6.45) is 8.30. The maximum Gasteiger partial charge on any atom is 0.163 e. The summed E-state index contributed by atoms with van der Waals surface area (Å²) in [6.45, 7) is 4.88. The summed E-state index contributed by atoms with van der Waals surface area (Å²) in [4.78, 5) is 9.08. The van der Waals surface area contributed by atoms with Gasteiger partial charge in [0.05, 0.1) is 17.6 Å². The van der Waals surface area contributed by atoms with Crippen LogP contribution >= 0.6 is 0 Å². The Hall–Kier alpha value is -1.65. The highest BCUT2D eigenvalue weighted by Crippen LogP contribution is 2.31. The molecule has 0 unspecified atom stereocenters. The molecule has 0 aromatic carbocycles. The standard InChI is InChI=1S/C14H21N5/c1-3-15-13-12-9-16-19(11-7-5-4-6-8-11)14(12)18-10(2)17-13/h9,11H,3-8H2,1-2H3,(H,15,17,18). The van der Waals surface area contributed by atoms with E-state index in [1.807, 2.05) is 13.1 Å². The van der Waals surface area contributed by atoms with Crippen LogP contribution in [-0.2, 0) is 0 Å². The lowest BCUT2D eigenvalue weighted by molar-refractivity contribution is 0.335. The molecular weight excluding hydrogens is 238 g/mol. The van der Waals surface area contributed by atoms with Gasteiger partial charge in [-0.05, 0) is 26.7 Å². The number of aromatic nitrogens is 4. The molecule has 2 aromatic rings. The van der Waals surface area contributed by atoms with E-state index in [-0.39, 0.29) is 0 Å². The average Bonchev–Trinajstić information content (AvgIpc) is 2.84. The maximum atomic E-state index is 4.60. The Labute approximate surface area is 113 Å². The predicted octanol–water partition coefficient (Wildman–Crippen LogP) is 3.07. The van der Waals surface area contributed by atoms with E-state index in [0.717, 1.165) is 29.2 Å².